The molecule has 1 saturated heterocycles. The van der Waals surface area contributed by atoms with Crippen LogP contribution in [0, 0.1) is 29.6 Å². The van der Waals surface area contributed by atoms with Crippen LogP contribution in [0.4, 0.5) is 0 Å². The third-order valence-corrected chi connectivity index (χ3v) is 14.4. The van der Waals surface area contributed by atoms with E-state index in [9.17, 15) is 52.7 Å². The molecule has 67 heavy (non-hydrogen) atoms. The number of aldehydes is 1. The molecular weight excluding hydrogens is 884 g/mol. The highest BCUT2D eigenvalue weighted by atomic mass is 31.2. The molecule has 3 rings (SSSR count). The first-order valence-corrected chi connectivity index (χ1v) is 25.2. The van der Waals surface area contributed by atoms with Gasteiger partial charge in [-0.15, -0.1) is 0 Å². The summed E-state index contributed by atoms with van der Waals surface area (Å²) in [4.78, 5) is 132. The number of benzene rings is 1. The molecule has 1 aromatic carbocycles. The zero-order valence-electron chi connectivity index (χ0n) is 41.0. The van der Waals surface area contributed by atoms with Gasteiger partial charge >= 0.3 is 7.60 Å². The Hall–Kier alpha value is -4.77. The molecule has 374 valence electrons. The van der Waals surface area contributed by atoms with E-state index in [1.807, 2.05) is 13.8 Å². The van der Waals surface area contributed by atoms with Crippen molar-refractivity contribution in [2.24, 2.45) is 29.6 Å². The quantitative estimate of drug-likeness (QED) is 0.0428. The summed E-state index contributed by atoms with van der Waals surface area (Å²) in [5.74, 6) is -7.36. The van der Waals surface area contributed by atoms with Crippen LogP contribution in [0.3, 0.4) is 0 Å². The first-order chi connectivity index (χ1) is 31.5. The Morgan fingerprint density at radius 1 is 0.896 bits per heavy atom. The number of rotatable bonds is 27. The van der Waals surface area contributed by atoms with Gasteiger partial charge in [0.25, 0.3) is 11.8 Å². The molecule has 2 heterocycles. The standard InChI is InChI=1S/C48H75N6O12P/c1-11-32(6)44(52(9)48(62)42(30(2)3)50-47(61)43(31(4)5)51(8)38(56)22-16-13-17-25-54-39(57)23-24-40(54)58)35(29-55)28-41(59)53-26-18-21-36(53)45(66-10)33(7)46(60)49-37(67(63,64)65)27-34-19-14-12-15-20-34/h12,14-15,19-20,23-24,29-33,35-37,42-45H,11,13,16-18,21-22,25-28H2,1-10H3,(H,49,60)(H,50,61)(H2,63,64,65)/t32?,33-,35-,36-,37?,42-,43-,44-,45+/m0/s1. The van der Waals surface area contributed by atoms with Crippen molar-refractivity contribution in [3.63, 3.8) is 0 Å². The minimum atomic E-state index is -4.78. The zero-order valence-corrected chi connectivity index (χ0v) is 41.9. The normalized spacial score (nSPS) is 18.8. The summed E-state index contributed by atoms with van der Waals surface area (Å²) in [6.45, 7) is 13.1. The first kappa shape index (κ1) is 56.6. The van der Waals surface area contributed by atoms with E-state index in [4.69, 9.17) is 4.74 Å². The van der Waals surface area contributed by atoms with Crippen LogP contribution in [-0.4, -0.2) is 147 Å². The Labute approximate surface area is 396 Å². The van der Waals surface area contributed by atoms with Crippen molar-refractivity contribution in [1.29, 1.82) is 0 Å². The molecule has 1 fully saturated rings. The lowest BCUT2D eigenvalue weighted by Crippen LogP contribution is -2.59. The topological polar surface area (TPSA) is 240 Å². The fourth-order valence-electron chi connectivity index (χ4n) is 9.33. The fraction of sp³-hybridized carbons (Fsp3) is 0.667. The summed E-state index contributed by atoms with van der Waals surface area (Å²) < 4.78 is 18.3. The molecule has 0 radical (unpaired) electrons. The molecule has 18 nitrogen and oxygen atoms in total. The lowest BCUT2D eigenvalue weighted by atomic mass is 9.84. The molecule has 2 unspecified atom stereocenters. The van der Waals surface area contributed by atoms with Gasteiger partial charge in [0.2, 0.25) is 29.5 Å². The summed E-state index contributed by atoms with van der Waals surface area (Å²) in [7, 11) is -0.260. The molecule has 4 N–H and O–H groups in total. The number of carbonyl (C=O) groups is 8. The Morgan fingerprint density at radius 3 is 2.06 bits per heavy atom. The lowest BCUT2D eigenvalue weighted by molar-refractivity contribution is -0.146. The Morgan fingerprint density at radius 2 is 1.52 bits per heavy atom. The van der Waals surface area contributed by atoms with Gasteiger partial charge in [0, 0.05) is 77.7 Å². The average Bonchev–Trinajstić information content (AvgIpc) is 3.89. The second-order valence-electron chi connectivity index (χ2n) is 18.8. The minimum Gasteiger partial charge on any atom is -0.378 e. The van der Waals surface area contributed by atoms with Crippen LogP contribution in [0.2, 0.25) is 0 Å². The number of amides is 7. The van der Waals surface area contributed by atoms with Crippen LogP contribution in [0.1, 0.15) is 105 Å². The minimum absolute atomic E-state index is 0.102. The van der Waals surface area contributed by atoms with Gasteiger partial charge in [-0.05, 0) is 49.0 Å². The van der Waals surface area contributed by atoms with E-state index in [1.165, 1.54) is 29.1 Å². The van der Waals surface area contributed by atoms with Gasteiger partial charge in [-0.1, -0.05) is 91.6 Å². The summed E-state index contributed by atoms with van der Waals surface area (Å²) in [5, 5.41) is 5.43. The molecule has 9 atom stereocenters. The number of hydrogen-bond donors (Lipinski definition) is 4. The van der Waals surface area contributed by atoms with Crippen molar-refractivity contribution < 1.29 is 57.4 Å². The van der Waals surface area contributed by atoms with Crippen molar-refractivity contribution in [3.05, 3.63) is 48.0 Å². The number of ether oxygens (including phenoxy) is 1. The van der Waals surface area contributed by atoms with Crippen molar-refractivity contribution in [3.8, 4) is 0 Å². The summed E-state index contributed by atoms with van der Waals surface area (Å²) in [6, 6.07) is 5.35. The molecular formula is C48H75N6O12P. The van der Waals surface area contributed by atoms with Crippen molar-refractivity contribution >= 4 is 55.2 Å². The number of likely N-dealkylation sites (N-methyl/N-ethyl adjacent to an activating group) is 2. The maximum atomic E-state index is 14.5. The third kappa shape index (κ3) is 15.4. The van der Waals surface area contributed by atoms with Gasteiger partial charge in [-0.3, -0.25) is 43.0 Å². The number of imide groups is 1. The Kier molecular flexibility index (Phi) is 22.0. The third-order valence-electron chi connectivity index (χ3n) is 13.3. The predicted molar refractivity (Wildman–Crippen MR) is 251 cm³/mol. The van der Waals surface area contributed by atoms with E-state index >= 15 is 0 Å². The SMILES string of the molecule is CCC(C)[C@@H]([C@H](C=O)CC(=O)N1CCC[C@H]1[C@H](OC)[C@H](C)C(=O)NC(Cc1ccccc1)P(=O)(O)O)N(C)C(=O)[C@@H](NC(=O)[C@H](C(C)C)N(C)C(=O)CCCCCN1C(=O)C=CC1=O)C(C)C. The summed E-state index contributed by atoms with van der Waals surface area (Å²) in [6.07, 6.45) is 5.27. The van der Waals surface area contributed by atoms with Crippen LogP contribution in [0.15, 0.2) is 42.5 Å². The van der Waals surface area contributed by atoms with E-state index < -0.39 is 79.1 Å². The monoisotopic (exact) mass is 959 g/mol. The number of carbonyl (C=O) groups excluding carboxylic acids is 8. The number of likely N-dealkylation sites (tertiary alicyclic amines) is 1. The van der Waals surface area contributed by atoms with E-state index in [0.29, 0.717) is 56.9 Å². The second kappa shape index (κ2) is 26.1. The van der Waals surface area contributed by atoms with Crippen LogP contribution in [0.5, 0.6) is 0 Å². The zero-order chi connectivity index (χ0) is 50.3. The number of nitrogens with zero attached hydrogens (tertiary/aromatic N) is 4. The molecule has 0 bridgehead atoms. The van der Waals surface area contributed by atoms with Gasteiger partial charge in [0.1, 0.15) is 24.2 Å². The highest BCUT2D eigenvalue weighted by Gasteiger charge is 2.44. The molecule has 1 aromatic rings. The predicted octanol–water partition coefficient (Wildman–Crippen LogP) is 3.68. The highest BCUT2D eigenvalue weighted by Crippen LogP contribution is 2.41. The smallest absolute Gasteiger partial charge is 0.347 e. The summed E-state index contributed by atoms with van der Waals surface area (Å²) in [5.41, 5.74) is 0.626. The summed E-state index contributed by atoms with van der Waals surface area (Å²) >= 11 is 0. The van der Waals surface area contributed by atoms with Crippen LogP contribution in [0.25, 0.3) is 0 Å². The number of methoxy groups -OCH3 is 1. The van der Waals surface area contributed by atoms with Crippen molar-refractivity contribution in [1.82, 2.24) is 30.2 Å². The molecule has 0 spiro atoms. The lowest BCUT2D eigenvalue weighted by Gasteiger charge is -2.40. The maximum absolute atomic E-state index is 14.5. The van der Waals surface area contributed by atoms with Gasteiger partial charge < -0.3 is 44.7 Å². The van der Waals surface area contributed by atoms with E-state index in [0.717, 1.165) is 4.90 Å². The molecule has 0 aliphatic carbocycles. The van der Waals surface area contributed by atoms with Crippen LogP contribution >= 0.6 is 7.60 Å². The molecule has 2 aliphatic heterocycles. The van der Waals surface area contributed by atoms with E-state index in [-0.39, 0.29) is 61.3 Å². The van der Waals surface area contributed by atoms with Gasteiger partial charge in [0.15, 0.2) is 0 Å². The highest BCUT2D eigenvalue weighted by molar-refractivity contribution is 7.52. The molecule has 2 aliphatic rings. The van der Waals surface area contributed by atoms with E-state index in [2.05, 4.69) is 10.6 Å². The number of unbranched alkanes of at least 4 members (excludes halogenated alkanes) is 2. The van der Waals surface area contributed by atoms with Crippen molar-refractivity contribution in [2.45, 2.75) is 142 Å². The Bertz CT molecular complexity index is 1940. The van der Waals surface area contributed by atoms with Crippen molar-refractivity contribution in [2.75, 3.05) is 34.3 Å². The molecule has 19 heteroatoms. The van der Waals surface area contributed by atoms with Gasteiger partial charge in [0.05, 0.1) is 18.1 Å². The van der Waals surface area contributed by atoms with Crippen LogP contribution in [-0.2, 0) is 54.1 Å². The first-order valence-electron chi connectivity index (χ1n) is 23.5. The number of nitrogens with one attached hydrogen (secondary N) is 2. The molecule has 0 aromatic heterocycles. The second-order valence-corrected chi connectivity index (χ2v) is 20.6. The Balaban J connectivity index is 1.73. The molecule has 7 amide bonds. The fourth-order valence-corrected chi connectivity index (χ4v) is 10.1. The maximum Gasteiger partial charge on any atom is 0.347 e. The van der Waals surface area contributed by atoms with Crippen LogP contribution < -0.4 is 10.6 Å². The molecule has 0 saturated carbocycles. The van der Waals surface area contributed by atoms with Gasteiger partial charge in [-0.25, -0.2) is 0 Å². The van der Waals surface area contributed by atoms with Gasteiger partial charge in [-0.2, -0.15) is 0 Å². The average molecular weight is 959 g/mol. The van der Waals surface area contributed by atoms with E-state index in [1.54, 1.807) is 83.9 Å². The number of hydrogen-bond acceptors (Lipinski definition) is 10. The largest absolute Gasteiger partial charge is 0.378 e.